The molecule has 0 fully saturated rings. The van der Waals surface area contributed by atoms with Gasteiger partial charge >= 0.3 is 6.09 Å². The van der Waals surface area contributed by atoms with Crippen LogP contribution in [-0.2, 0) is 4.74 Å². The van der Waals surface area contributed by atoms with Crippen molar-refractivity contribution in [3.8, 4) is 0 Å². The molecule has 0 aliphatic carbocycles. The Morgan fingerprint density at radius 1 is 1.64 bits per heavy atom. The van der Waals surface area contributed by atoms with E-state index < -0.39 is 0 Å². The van der Waals surface area contributed by atoms with E-state index >= 15 is 0 Å². The maximum Gasteiger partial charge on any atom is 0.409 e. The minimum absolute atomic E-state index is 0.285. The molecule has 1 amide bonds. The van der Waals surface area contributed by atoms with Gasteiger partial charge in [0.05, 0.1) is 6.61 Å². The zero-order chi connectivity index (χ0) is 9.28. The van der Waals surface area contributed by atoms with E-state index in [0.717, 1.165) is 0 Å². The molecule has 0 aliphatic rings. The van der Waals surface area contributed by atoms with Crippen LogP contribution in [0.15, 0.2) is 12.7 Å². The predicted octanol–water partition coefficient (Wildman–Crippen LogP) is 1.90. The number of hydrogen-bond acceptors (Lipinski definition) is 2. The van der Waals surface area contributed by atoms with Gasteiger partial charge in [0.2, 0.25) is 0 Å². The fourth-order valence-electron chi connectivity index (χ4n) is 0.253. The van der Waals surface area contributed by atoms with Crippen molar-refractivity contribution in [2.45, 2.75) is 13.8 Å². The van der Waals surface area contributed by atoms with Crippen LogP contribution in [0.3, 0.4) is 0 Å². The number of ether oxygens (including phenoxy) is 1. The van der Waals surface area contributed by atoms with Crippen molar-refractivity contribution < 1.29 is 9.53 Å². The van der Waals surface area contributed by atoms with E-state index in [9.17, 15) is 4.79 Å². The summed E-state index contributed by atoms with van der Waals surface area (Å²) in [6.45, 7) is 7.47. The highest BCUT2D eigenvalue weighted by atomic mass is 16.5. The summed E-state index contributed by atoms with van der Waals surface area (Å²) in [4.78, 5) is 11.8. The third-order valence-corrected chi connectivity index (χ3v) is 0.633. The first kappa shape index (κ1) is 12.7. The highest BCUT2D eigenvalue weighted by Gasteiger charge is 1.99. The second-order valence-electron chi connectivity index (χ2n) is 2.00. The molecule has 0 heterocycles. The molecule has 0 aromatic rings. The number of rotatable bonds is 1. The molecule has 11 heavy (non-hydrogen) atoms. The lowest BCUT2D eigenvalue weighted by Gasteiger charge is -2.07. The monoisotopic (exact) mass is 159 g/mol. The van der Waals surface area contributed by atoms with Gasteiger partial charge < -0.3 is 9.64 Å². The molecule has 0 N–H and O–H groups in total. The Morgan fingerprint density at radius 3 is 2.09 bits per heavy atom. The Bertz CT molecular complexity index is 111. The summed E-state index contributed by atoms with van der Waals surface area (Å²) in [5.41, 5.74) is 0. The maximum atomic E-state index is 10.4. The Labute approximate surface area is 68.6 Å². The second kappa shape index (κ2) is 9.01. The van der Waals surface area contributed by atoms with Crippen LogP contribution in [0.5, 0.6) is 0 Å². The van der Waals surface area contributed by atoms with Crippen LogP contribution in [0.4, 0.5) is 4.79 Å². The molecule has 66 valence electrons. The van der Waals surface area contributed by atoms with Crippen molar-refractivity contribution in [3.05, 3.63) is 12.7 Å². The molecule has 0 saturated carbocycles. The van der Waals surface area contributed by atoms with Gasteiger partial charge in [-0.3, -0.25) is 0 Å². The lowest BCUT2D eigenvalue weighted by atomic mass is 10.8. The second-order valence-corrected chi connectivity index (χ2v) is 2.00. The van der Waals surface area contributed by atoms with E-state index in [0.29, 0.717) is 6.61 Å². The molecule has 0 aliphatic heterocycles. The molecular weight excluding hydrogens is 142 g/mol. The third-order valence-electron chi connectivity index (χ3n) is 0.633. The number of amides is 1. The number of carbonyl (C=O) groups excluding carboxylic acids is 1. The van der Waals surface area contributed by atoms with Crippen LogP contribution in [0.25, 0.3) is 0 Å². The van der Waals surface area contributed by atoms with Gasteiger partial charge in [0.25, 0.3) is 0 Å². The minimum atomic E-state index is -0.285. The van der Waals surface area contributed by atoms with Crippen LogP contribution >= 0.6 is 0 Å². The molecule has 0 rings (SSSR count). The summed E-state index contributed by atoms with van der Waals surface area (Å²) in [5, 5.41) is 0. The van der Waals surface area contributed by atoms with E-state index in [1.54, 1.807) is 27.1 Å². The average molecular weight is 159 g/mol. The van der Waals surface area contributed by atoms with Crippen LogP contribution in [-0.4, -0.2) is 31.7 Å². The summed E-state index contributed by atoms with van der Waals surface area (Å²) in [7, 11) is 3.30. The first-order valence-electron chi connectivity index (χ1n) is 3.51. The van der Waals surface area contributed by atoms with E-state index in [4.69, 9.17) is 0 Å². The van der Waals surface area contributed by atoms with Gasteiger partial charge in [0.1, 0.15) is 0 Å². The Balaban J connectivity index is 0. The fourth-order valence-corrected chi connectivity index (χ4v) is 0.253. The van der Waals surface area contributed by atoms with Gasteiger partial charge in [-0.25, -0.2) is 4.79 Å². The molecule has 3 heteroatoms. The lowest BCUT2D eigenvalue weighted by molar-refractivity contribution is 0.124. The molecule has 0 unspecified atom stereocenters. The topological polar surface area (TPSA) is 29.5 Å². The zero-order valence-corrected chi connectivity index (χ0v) is 7.76. The summed E-state index contributed by atoms with van der Waals surface area (Å²) < 4.78 is 4.59. The first-order chi connectivity index (χ1) is 5.09. The van der Waals surface area contributed by atoms with Gasteiger partial charge in [0.15, 0.2) is 0 Å². The fraction of sp³-hybridized carbons (Fsp3) is 0.625. The van der Waals surface area contributed by atoms with Crippen LogP contribution in [0, 0.1) is 0 Å². The summed E-state index contributed by atoms with van der Waals surface area (Å²) in [6.07, 6.45) is 1.47. The molecule has 0 bridgehead atoms. The molecule has 3 nitrogen and oxygen atoms in total. The third kappa shape index (κ3) is 12.3. The van der Waals surface area contributed by atoms with Crippen molar-refractivity contribution in [1.82, 2.24) is 4.90 Å². The lowest BCUT2D eigenvalue weighted by Crippen LogP contribution is -2.22. The highest BCUT2D eigenvalue weighted by Crippen LogP contribution is 1.82. The summed E-state index contributed by atoms with van der Waals surface area (Å²) in [6, 6.07) is 0. The van der Waals surface area contributed by atoms with Crippen molar-refractivity contribution in [1.29, 1.82) is 0 Å². The quantitative estimate of drug-likeness (QED) is 0.547. The molecule has 0 aromatic heterocycles. The minimum Gasteiger partial charge on any atom is -0.450 e. The molecule has 0 spiro atoms. The summed E-state index contributed by atoms with van der Waals surface area (Å²) in [5.74, 6) is 0. The maximum absolute atomic E-state index is 10.4. The Morgan fingerprint density at radius 2 is 2.00 bits per heavy atom. The van der Waals surface area contributed by atoms with Gasteiger partial charge in [0, 0.05) is 14.1 Å². The number of carbonyl (C=O) groups is 1. The molecule has 0 aromatic carbocycles. The van der Waals surface area contributed by atoms with Crippen molar-refractivity contribution in [2.75, 3.05) is 20.7 Å². The normalized spacial score (nSPS) is 7.27. The largest absolute Gasteiger partial charge is 0.450 e. The smallest absolute Gasteiger partial charge is 0.409 e. The van der Waals surface area contributed by atoms with Gasteiger partial charge in [-0.1, -0.05) is 6.08 Å². The van der Waals surface area contributed by atoms with Crippen molar-refractivity contribution >= 4 is 6.09 Å². The number of nitrogens with zero attached hydrogens (tertiary/aromatic N) is 1. The zero-order valence-electron chi connectivity index (χ0n) is 7.76. The molecular formula is C8H17NO2. The van der Waals surface area contributed by atoms with E-state index in [2.05, 4.69) is 11.3 Å². The van der Waals surface area contributed by atoms with Crippen LogP contribution in [0.2, 0.25) is 0 Å². The standard InChI is InChI=1S/C5H11NO2.C3H6/c1-4-8-5(7)6(2)3;1-3-2/h4H2,1-3H3;3H,1H2,2H3. The van der Waals surface area contributed by atoms with Gasteiger partial charge in [-0.05, 0) is 13.8 Å². The number of allylic oxidation sites excluding steroid dienone is 1. The Kier molecular flexibility index (Phi) is 10.4. The summed E-state index contributed by atoms with van der Waals surface area (Å²) >= 11 is 0. The molecule has 0 radical (unpaired) electrons. The Hall–Kier alpha value is -0.990. The first-order valence-corrected chi connectivity index (χ1v) is 3.51. The van der Waals surface area contributed by atoms with Crippen LogP contribution < -0.4 is 0 Å². The molecule has 0 atom stereocenters. The van der Waals surface area contributed by atoms with Crippen LogP contribution in [0.1, 0.15) is 13.8 Å². The van der Waals surface area contributed by atoms with Crippen molar-refractivity contribution in [3.63, 3.8) is 0 Å². The van der Waals surface area contributed by atoms with Gasteiger partial charge in [-0.15, -0.1) is 6.58 Å². The molecule has 0 saturated heterocycles. The van der Waals surface area contributed by atoms with Gasteiger partial charge in [-0.2, -0.15) is 0 Å². The number of hydrogen-bond donors (Lipinski definition) is 0. The SMILES string of the molecule is C=CC.CCOC(=O)N(C)C. The van der Waals surface area contributed by atoms with Crippen molar-refractivity contribution in [2.24, 2.45) is 0 Å². The predicted molar refractivity (Wildman–Crippen MR) is 46.6 cm³/mol. The van der Waals surface area contributed by atoms with E-state index in [1.807, 2.05) is 6.92 Å². The average Bonchev–Trinajstić information content (AvgIpc) is 1.90. The van der Waals surface area contributed by atoms with E-state index in [-0.39, 0.29) is 6.09 Å². The highest BCUT2D eigenvalue weighted by molar-refractivity contribution is 5.66. The van der Waals surface area contributed by atoms with E-state index in [1.165, 1.54) is 4.90 Å².